The molecular weight excluding hydrogens is 482 g/mol. The minimum atomic E-state index is -1.18. The molecule has 0 saturated heterocycles. The van der Waals surface area contributed by atoms with Crippen LogP contribution in [-0.4, -0.2) is 65.6 Å². The number of hydrogen-bond acceptors (Lipinski definition) is 7. The summed E-state index contributed by atoms with van der Waals surface area (Å²) in [4.78, 5) is 51.9. The van der Waals surface area contributed by atoms with Crippen LogP contribution in [0.15, 0.2) is 24.3 Å². The van der Waals surface area contributed by atoms with Crippen molar-refractivity contribution in [2.75, 3.05) is 25.2 Å². The normalized spacial score (nSPS) is 12.5. The van der Waals surface area contributed by atoms with E-state index >= 15 is 0 Å². The van der Waals surface area contributed by atoms with Crippen molar-refractivity contribution in [1.82, 2.24) is 15.5 Å². The van der Waals surface area contributed by atoms with Crippen LogP contribution in [0.1, 0.15) is 57.7 Å². The quantitative estimate of drug-likeness (QED) is 0.248. The Kier molecular flexibility index (Phi) is 12.9. The SMILES string of the molecule is C#CN(C(=O)C(CCSC)NC(=O)OC(C)(C)C)C(C(=O)NCCC(=O)OCC)c1ccc(C)cc1. The van der Waals surface area contributed by atoms with Gasteiger partial charge in [0.15, 0.2) is 0 Å². The number of esters is 1. The summed E-state index contributed by atoms with van der Waals surface area (Å²) in [6.07, 6.45) is 7.12. The van der Waals surface area contributed by atoms with E-state index in [-0.39, 0.29) is 26.0 Å². The van der Waals surface area contributed by atoms with Crippen molar-refractivity contribution in [2.24, 2.45) is 0 Å². The van der Waals surface area contributed by atoms with E-state index in [0.717, 1.165) is 10.5 Å². The van der Waals surface area contributed by atoms with E-state index in [0.29, 0.717) is 11.3 Å². The number of terminal acetylenes is 1. The van der Waals surface area contributed by atoms with Gasteiger partial charge in [-0.3, -0.25) is 19.3 Å². The van der Waals surface area contributed by atoms with Gasteiger partial charge in [-0.25, -0.2) is 4.79 Å². The molecule has 0 spiro atoms. The molecule has 2 N–H and O–H groups in total. The third kappa shape index (κ3) is 10.6. The lowest BCUT2D eigenvalue weighted by Crippen LogP contribution is -2.51. The Bertz CT molecular complexity index is 936. The van der Waals surface area contributed by atoms with Gasteiger partial charge in [0.1, 0.15) is 17.7 Å². The Hall–Kier alpha value is -3.19. The second-order valence-corrected chi connectivity index (χ2v) is 9.96. The fourth-order valence-electron chi connectivity index (χ4n) is 3.16. The molecule has 0 fully saturated rings. The summed E-state index contributed by atoms with van der Waals surface area (Å²) < 4.78 is 10.2. The molecule has 0 bridgehead atoms. The third-order valence-electron chi connectivity index (χ3n) is 4.81. The molecule has 0 aliphatic heterocycles. The third-order valence-corrected chi connectivity index (χ3v) is 5.45. The fraction of sp³-hybridized carbons (Fsp3) is 0.538. The number of amides is 3. The van der Waals surface area contributed by atoms with Crippen LogP contribution < -0.4 is 10.6 Å². The summed E-state index contributed by atoms with van der Waals surface area (Å²) in [6, 6.07) is 7.16. The monoisotopic (exact) mass is 519 g/mol. The Balaban J connectivity index is 3.24. The lowest BCUT2D eigenvalue weighted by atomic mass is 10.0. The Morgan fingerprint density at radius 3 is 2.33 bits per heavy atom. The van der Waals surface area contributed by atoms with Crippen molar-refractivity contribution in [2.45, 2.75) is 65.1 Å². The molecular formula is C26H37N3O6S. The lowest BCUT2D eigenvalue weighted by Gasteiger charge is -2.30. The first kappa shape index (κ1) is 30.8. The van der Waals surface area contributed by atoms with Crippen LogP contribution in [0.2, 0.25) is 0 Å². The average Bonchev–Trinajstić information content (AvgIpc) is 2.79. The highest BCUT2D eigenvalue weighted by molar-refractivity contribution is 7.98. The second kappa shape index (κ2) is 15.0. The van der Waals surface area contributed by atoms with Gasteiger partial charge in [0.05, 0.1) is 13.0 Å². The van der Waals surface area contributed by atoms with Gasteiger partial charge in [-0.05, 0) is 58.6 Å². The van der Waals surface area contributed by atoms with Crippen LogP contribution in [0.3, 0.4) is 0 Å². The molecule has 198 valence electrons. The van der Waals surface area contributed by atoms with Gasteiger partial charge < -0.3 is 20.1 Å². The topological polar surface area (TPSA) is 114 Å². The molecule has 0 heterocycles. The van der Waals surface area contributed by atoms with E-state index in [4.69, 9.17) is 15.9 Å². The molecule has 9 nitrogen and oxygen atoms in total. The van der Waals surface area contributed by atoms with E-state index < -0.39 is 41.6 Å². The molecule has 1 aromatic rings. The maximum Gasteiger partial charge on any atom is 0.408 e. The van der Waals surface area contributed by atoms with Crippen molar-refractivity contribution >= 4 is 35.6 Å². The molecule has 3 amide bonds. The first-order valence-electron chi connectivity index (χ1n) is 11.7. The zero-order chi connectivity index (χ0) is 27.3. The minimum Gasteiger partial charge on any atom is -0.466 e. The molecule has 0 aromatic heterocycles. The van der Waals surface area contributed by atoms with Crippen molar-refractivity contribution in [3.63, 3.8) is 0 Å². The molecule has 2 unspecified atom stereocenters. The highest BCUT2D eigenvalue weighted by Gasteiger charge is 2.35. The summed E-state index contributed by atoms with van der Waals surface area (Å²) in [5.41, 5.74) is 0.691. The Morgan fingerprint density at radius 1 is 1.17 bits per heavy atom. The van der Waals surface area contributed by atoms with Crippen molar-refractivity contribution in [1.29, 1.82) is 0 Å². The number of carbonyl (C=O) groups excluding carboxylic acids is 4. The zero-order valence-electron chi connectivity index (χ0n) is 21.9. The highest BCUT2D eigenvalue weighted by Crippen LogP contribution is 2.23. The molecule has 0 radical (unpaired) electrons. The zero-order valence-corrected chi connectivity index (χ0v) is 22.7. The molecule has 0 aliphatic rings. The van der Waals surface area contributed by atoms with Gasteiger partial charge in [-0.1, -0.05) is 36.3 Å². The van der Waals surface area contributed by atoms with E-state index in [1.807, 2.05) is 13.2 Å². The molecule has 36 heavy (non-hydrogen) atoms. The van der Waals surface area contributed by atoms with E-state index in [1.165, 1.54) is 11.8 Å². The molecule has 1 rings (SSSR count). The van der Waals surface area contributed by atoms with Gasteiger partial charge in [0.2, 0.25) is 5.91 Å². The number of benzene rings is 1. The van der Waals surface area contributed by atoms with E-state index in [9.17, 15) is 19.2 Å². The number of hydrogen-bond donors (Lipinski definition) is 2. The predicted molar refractivity (Wildman–Crippen MR) is 140 cm³/mol. The summed E-state index contributed by atoms with van der Waals surface area (Å²) >= 11 is 1.50. The molecule has 10 heteroatoms. The van der Waals surface area contributed by atoms with Crippen LogP contribution in [0.5, 0.6) is 0 Å². The van der Waals surface area contributed by atoms with Crippen LogP contribution in [0.4, 0.5) is 4.79 Å². The van der Waals surface area contributed by atoms with Crippen LogP contribution >= 0.6 is 11.8 Å². The number of ether oxygens (including phenoxy) is 2. The largest absolute Gasteiger partial charge is 0.466 e. The van der Waals surface area contributed by atoms with Gasteiger partial charge in [-0.2, -0.15) is 11.8 Å². The van der Waals surface area contributed by atoms with Crippen LogP contribution in [-0.2, 0) is 23.9 Å². The van der Waals surface area contributed by atoms with E-state index in [1.54, 1.807) is 52.0 Å². The van der Waals surface area contributed by atoms with Gasteiger partial charge in [-0.15, -0.1) is 0 Å². The highest BCUT2D eigenvalue weighted by atomic mass is 32.2. The number of rotatable bonds is 12. The fourth-order valence-corrected chi connectivity index (χ4v) is 3.63. The van der Waals surface area contributed by atoms with Gasteiger partial charge >= 0.3 is 12.1 Å². The predicted octanol–water partition coefficient (Wildman–Crippen LogP) is 3.17. The number of thioether (sulfide) groups is 1. The Morgan fingerprint density at radius 2 is 1.81 bits per heavy atom. The minimum absolute atomic E-state index is 0.0126. The first-order chi connectivity index (χ1) is 16.9. The Labute approximate surface area is 218 Å². The molecule has 2 atom stereocenters. The smallest absolute Gasteiger partial charge is 0.408 e. The maximum atomic E-state index is 13.6. The van der Waals surface area contributed by atoms with Crippen molar-refractivity contribution in [3.05, 3.63) is 35.4 Å². The summed E-state index contributed by atoms with van der Waals surface area (Å²) in [5.74, 6) is -1.07. The number of nitrogens with one attached hydrogen (secondary N) is 2. The van der Waals surface area contributed by atoms with Crippen LogP contribution in [0, 0.1) is 19.4 Å². The average molecular weight is 520 g/mol. The van der Waals surface area contributed by atoms with Crippen LogP contribution in [0.25, 0.3) is 0 Å². The standard InChI is InChI=1S/C26H37N3O6S/c1-8-29(24(32)20(15-17-36-7)28-25(33)35-26(4,5)6)22(19-12-10-18(3)11-13-19)23(31)27-16-14-21(30)34-9-2/h1,10-13,20,22H,9,14-17H2,2-7H3,(H,27,31)(H,28,33). The van der Waals surface area contributed by atoms with Gasteiger partial charge in [0.25, 0.3) is 5.91 Å². The summed E-state index contributed by atoms with van der Waals surface area (Å²) in [5, 5.41) is 5.26. The lowest BCUT2D eigenvalue weighted by molar-refractivity contribution is -0.143. The molecule has 1 aromatic carbocycles. The van der Waals surface area contributed by atoms with Crippen molar-refractivity contribution in [3.8, 4) is 12.5 Å². The number of nitrogens with zero attached hydrogens (tertiary/aromatic N) is 1. The molecule has 0 aliphatic carbocycles. The number of carbonyl (C=O) groups is 4. The van der Waals surface area contributed by atoms with Gasteiger partial charge in [0, 0.05) is 12.6 Å². The van der Waals surface area contributed by atoms with E-state index in [2.05, 4.69) is 16.7 Å². The summed E-state index contributed by atoms with van der Waals surface area (Å²) in [7, 11) is 0. The first-order valence-corrected chi connectivity index (χ1v) is 13.1. The van der Waals surface area contributed by atoms with Crippen molar-refractivity contribution < 1.29 is 28.7 Å². The second-order valence-electron chi connectivity index (χ2n) is 8.98. The number of alkyl carbamates (subject to hydrolysis) is 1. The molecule has 0 saturated carbocycles. The number of aryl methyl sites for hydroxylation is 1. The maximum absolute atomic E-state index is 13.6. The summed E-state index contributed by atoms with van der Waals surface area (Å²) in [6.45, 7) is 8.98.